The Bertz CT molecular complexity index is 1450. The van der Waals surface area contributed by atoms with Crippen LogP contribution in [0.4, 0.5) is 29.5 Å². The molecule has 4 N–H and O–H groups in total. The van der Waals surface area contributed by atoms with Crippen LogP contribution in [0.15, 0.2) is 89.8 Å². The van der Waals surface area contributed by atoms with Gasteiger partial charge in [0.05, 0.1) is 21.8 Å². The summed E-state index contributed by atoms with van der Waals surface area (Å²) in [7, 11) is -3.87. The maximum atomic E-state index is 12.7. The van der Waals surface area contributed by atoms with Crippen molar-refractivity contribution >= 4 is 27.6 Å². The van der Waals surface area contributed by atoms with Gasteiger partial charge in [-0.05, 0) is 48.5 Å². The van der Waals surface area contributed by atoms with Crippen molar-refractivity contribution in [1.82, 2.24) is 9.78 Å². The summed E-state index contributed by atoms with van der Waals surface area (Å²) in [5, 5.41) is 14.6. The molecule has 0 saturated heterocycles. The molecule has 1 aromatic heterocycles. The van der Waals surface area contributed by atoms with Gasteiger partial charge >= 0.3 is 12.2 Å². The second kappa shape index (κ2) is 9.24. The van der Waals surface area contributed by atoms with Gasteiger partial charge < -0.3 is 5.32 Å². The number of carbonyl (C=O) groups excluding carboxylic acids is 1. The number of nitrogens with two attached hydrogens (primary N) is 1. The topological polar surface area (TPSA) is 119 Å². The Morgan fingerprint density at radius 2 is 1.51 bits per heavy atom. The molecule has 3 aromatic carbocycles. The summed E-state index contributed by atoms with van der Waals surface area (Å²) in [4.78, 5) is 12.4. The second-order valence-corrected chi connectivity index (χ2v) is 8.95. The summed E-state index contributed by atoms with van der Waals surface area (Å²) in [6.45, 7) is 0. The number of primary sulfonamides is 1. The first-order valence-electron chi connectivity index (χ1n) is 10.0. The first-order valence-corrected chi connectivity index (χ1v) is 11.6. The van der Waals surface area contributed by atoms with Crippen LogP contribution in [0, 0.1) is 0 Å². The van der Waals surface area contributed by atoms with Crippen molar-refractivity contribution < 1.29 is 26.4 Å². The van der Waals surface area contributed by atoms with Gasteiger partial charge in [0.25, 0.3) is 0 Å². The van der Waals surface area contributed by atoms with Crippen LogP contribution >= 0.6 is 0 Å². The molecule has 180 valence electrons. The van der Waals surface area contributed by atoms with Crippen molar-refractivity contribution in [3.63, 3.8) is 0 Å². The largest absolute Gasteiger partial charge is 0.416 e. The molecule has 2 amide bonds. The van der Waals surface area contributed by atoms with E-state index in [0.717, 1.165) is 29.8 Å². The van der Waals surface area contributed by atoms with E-state index in [-0.39, 0.29) is 16.4 Å². The minimum Gasteiger partial charge on any atom is -0.308 e. The average molecular weight is 501 g/mol. The Hall–Kier alpha value is -4.16. The standard InChI is InChI=1S/C23H18F3N5O3S/c24-23(25,26)16-6-8-17(9-7-16)28-22(32)29-21-14-20(15-4-2-1-3-5-15)31(30-21)18-10-12-19(13-11-18)35(27,33)34/h1-14H,(H2,27,33,34)(H2,28,29,30,32). The SMILES string of the molecule is NS(=O)(=O)c1ccc(-n2nc(NC(=O)Nc3ccc(C(F)(F)F)cc3)cc2-c2ccccc2)cc1. The lowest BCUT2D eigenvalue weighted by atomic mass is 10.1. The first kappa shape index (κ1) is 24.0. The van der Waals surface area contributed by atoms with Crippen LogP contribution < -0.4 is 15.8 Å². The Kier molecular flexibility index (Phi) is 6.33. The van der Waals surface area contributed by atoms with Gasteiger partial charge in [-0.25, -0.2) is 23.0 Å². The summed E-state index contributed by atoms with van der Waals surface area (Å²) in [5.74, 6) is 0.156. The summed E-state index contributed by atoms with van der Waals surface area (Å²) < 4.78 is 62.8. The predicted molar refractivity (Wildman–Crippen MR) is 124 cm³/mol. The zero-order chi connectivity index (χ0) is 25.2. The van der Waals surface area contributed by atoms with E-state index in [4.69, 9.17) is 5.14 Å². The van der Waals surface area contributed by atoms with Crippen LogP contribution in [0.25, 0.3) is 16.9 Å². The van der Waals surface area contributed by atoms with E-state index in [1.807, 2.05) is 30.3 Å². The fourth-order valence-electron chi connectivity index (χ4n) is 3.25. The maximum Gasteiger partial charge on any atom is 0.416 e. The second-order valence-electron chi connectivity index (χ2n) is 7.39. The van der Waals surface area contributed by atoms with Crippen LogP contribution in [0.1, 0.15) is 5.56 Å². The van der Waals surface area contributed by atoms with Gasteiger partial charge in [0.15, 0.2) is 5.82 Å². The lowest BCUT2D eigenvalue weighted by Crippen LogP contribution is -2.20. The number of rotatable bonds is 5. The Morgan fingerprint density at radius 1 is 0.886 bits per heavy atom. The van der Waals surface area contributed by atoms with E-state index < -0.39 is 27.8 Å². The molecule has 35 heavy (non-hydrogen) atoms. The van der Waals surface area contributed by atoms with Gasteiger partial charge in [0, 0.05) is 17.3 Å². The van der Waals surface area contributed by atoms with E-state index in [1.165, 1.54) is 28.9 Å². The van der Waals surface area contributed by atoms with Crippen LogP contribution in [-0.2, 0) is 16.2 Å². The van der Waals surface area contributed by atoms with Crippen molar-refractivity contribution in [2.75, 3.05) is 10.6 Å². The highest BCUT2D eigenvalue weighted by Gasteiger charge is 2.30. The van der Waals surface area contributed by atoms with E-state index >= 15 is 0 Å². The van der Waals surface area contributed by atoms with Crippen LogP contribution in [0.2, 0.25) is 0 Å². The highest BCUT2D eigenvalue weighted by molar-refractivity contribution is 7.89. The molecular formula is C23H18F3N5O3S. The van der Waals surface area contributed by atoms with Gasteiger partial charge in [-0.15, -0.1) is 5.10 Å². The molecule has 0 spiro atoms. The van der Waals surface area contributed by atoms with E-state index in [1.54, 1.807) is 6.07 Å². The Balaban J connectivity index is 1.60. The number of carbonyl (C=O) groups is 1. The molecule has 0 radical (unpaired) electrons. The first-order chi connectivity index (χ1) is 16.5. The van der Waals surface area contributed by atoms with Crippen molar-refractivity contribution in [3.8, 4) is 16.9 Å². The minimum absolute atomic E-state index is 0.0658. The smallest absolute Gasteiger partial charge is 0.308 e. The molecule has 0 saturated carbocycles. The highest BCUT2D eigenvalue weighted by atomic mass is 32.2. The third-order valence-electron chi connectivity index (χ3n) is 4.90. The minimum atomic E-state index is -4.48. The molecule has 1 heterocycles. The zero-order valence-corrected chi connectivity index (χ0v) is 18.6. The van der Waals surface area contributed by atoms with Crippen LogP contribution in [0.3, 0.4) is 0 Å². The molecule has 0 unspecified atom stereocenters. The number of sulfonamides is 1. The molecule has 0 atom stereocenters. The molecule has 4 rings (SSSR count). The van der Waals surface area contributed by atoms with Gasteiger partial charge in [-0.3, -0.25) is 5.32 Å². The number of benzene rings is 3. The normalized spacial score (nSPS) is 11.8. The fraction of sp³-hybridized carbons (Fsp3) is 0.0435. The number of anilines is 2. The number of alkyl halides is 3. The van der Waals surface area contributed by atoms with Crippen molar-refractivity contribution in [2.45, 2.75) is 11.1 Å². The summed E-state index contributed by atoms with van der Waals surface area (Å²) in [6.07, 6.45) is -4.48. The summed E-state index contributed by atoms with van der Waals surface area (Å²) >= 11 is 0. The van der Waals surface area contributed by atoms with E-state index in [2.05, 4.69) is 15.7 Å². The molecule has 12 heteroatoms. The predicted octanol–water partition coefficient (Wildman–Crippen LogP) is 4.85. The molecule has 0 bridgehead atoms. The number of hydrogen-bond donors (Lipinski definition) is 3. The number of halogens is 3. The number of amides is 2. The lowest BCUT2D eigenvalue weighted by molar-refractivity contribution is -0.137. The number of aromatic nitrogens is 2. The van der Waals surface area contributed by atoms with Gasteiger partial charge in [0.1, 0.15) is 0 Å². The molecule has 8 nitrogen and oxygen atoms in total. The van der Waals surface area contributed by atoms with Gasteiger partial charge in [-0.1, -0.05) is 30.3 Å². The van der Waals surface area contributed by atoms with Crippen LogP contribution in [0.5, 0.6) is 0 Å². The fourth-order valence-corrected chi connectivity index (χ4v) is 3.77. The lowest BCUT2D eigenvalue weighted by Gasteiger charge is -2.09. The van der Waals surface area contributed by atoms with E-state index in [9.17, 15) is 26.4 Å². The summed E-state index contributed by atoms with van der Waals surface area (Å²) in [5.41, 5.74) is 1.21. The van der Waals surface area contributed by atoms with Crippen molar-refractivity contribution in [3.05, 3.63) is 90.5 Å². The van der Waals surface area contributed by atoms with E-state index in [0.29, 0.717) is 11.4 Å². The molecular weight excluding hydrogens is 483 g/mol. The zero-order valence-electron chi connectivity index (χ0n) is 17.8. The number of nitrogens with zero attached hydrogens (tertiary/aromatic N) is 2. The highest BCUT2D eigenvalue weighted by Crippen LogP contribution is 2.30. The molecule has 0 aliphatic carbocycles. The molecule has 0 fully saturated rings. The number of hydrogen-bond acceptors (Lipinski definition) is 4. The Labute approximate surface area is 198 Å². The van der Waals surface area contributed by atoms with Crippen LogP contribution in [-0.4, -0.2) is 24.2 Å². The molecule has 4 aromatic rings. The Morgan fingerprint density at radius 3 is 2.09 bits per heavy atom. The van der Waals surface area contributed by atoms with Gasteiger partial charge in [0.2, 0.25) is 10.0 Å². The molecule has 0 aliphatic heterocycles. The van der Waals surface area contributed by atoms with Crippen molar-refractivity contribution in [2.24, 2.45) is 5.14 Å². The number of urea groups is 1. The monoisotopic (exact) mass is 501 g/mol. The van der Waals surface area contributed by atoms with Gasteiger partial charge in [-0.2, -0.15) is 13.2 Å². The quantitative estimate of drug-likeness (QED) is 0.362. The average Bonchev–Trinajstić information content (AvgIpc) is 3.22. The number of nitrogens with one attached hydrogen (secondary N) is 2. The van der Waals surface area contributed by atoms with Crippen molar-refractivity contribution in [1.29, 1.82) is 0 Å². The third kappa shape index (κ3) is 5.67. The third-order valence-corrected chi connectivity index (χ3v) is 5.83. The molecule has 0 aliphatic rings. The maximum absolute atomic E-state index is 12.7. The summed E-state index contributed by atoms with van der Waals surface area (Å²) in [6, 6.07) is 19.8.